The monoisotopic (exact) mass is 260 g/mol. The number of hydrogen-bond donors (Lipinski definition) is 0. The molecule has 0 bridgehead atoms. The Morgan fingerprint density at radius 2 is 1.00 bits per heavy atom. The van der Waals surface area contributed by atoms with Gasteiger partial charge in [-0.3, -0.25) is 0 Å². The first-order valence-electron chi connectivity index (χ1n) is 0.943. The zero-order chi connectivity index (χ0) is 5.41. The van der Waals surface area contributed by atoms with Crippen molar-refractivity contribution >= 4 is 14.7 Å². The first-order valence-corrected chi connectivity index (χ1v) is 0.943. The van der Waals surface area contributed by atoms with E-state index in [-0.39, 0.29) is 46.9 Å². The fraction of sp³-hybridized carbons (Fsp3) is 0. The molecule has 0 atom stereocenters. The normalized spacial score (nSPS) is 2.29. The SMILES string of the molecule is O=B[O-].O=B[O-].[Yb+2]. The van der Waals surface area contributed by atoms with Crippen molar-refractivity contribution in [3.63, 3.8) is 0 Å². The van der Waals surface area contributed by atoms with Crippen molar-refractivity contribution in [2.24, 2.45) is 0 Å². The van der Waals surface area contributed by atoms with E-state index in [1.165, 1.54) is 0 Å². The van der Waals surface area contributed by atoms with Crippen molar-refractivity contribution in [3.05, 3.63) is 0 Å². The van der Waals surface area contributed by atoms with Crippen LogP contribution in [-0.4, -0.2) is 14.7 Å². The minimum Gasteiger partial charge on any atom is 2.00 e. The molecule has 0 fully saturated rings. The predicted molar refractivity (Wildman–Crippen MR) is 12.9 cm³/mol. The molecule has 0 radical (unpaired) electrons. The summed E-state index contributed by atoms with van der Waals surface area (Å²) in [5.74, 6) is 0. The van der Waals surface area contributed by atoms with Crippen LogP contribution >= 0.6 is 0 Å². The summed E-state index contributed by atoms with van der Waals surface area (Å²) in [7, 11) is -1.00. The van der Waals surface area contributed by atoms with Crippen LogP contribution in [0.15, 0.2) is 0 Å². The topological polar surface area (TPSA) is 80.3 Å². The summed E-state index contributed by atoms with van der Waals surface area (Å²) >= 11 is 0. The summed E-state index contributed by atoms with van der Waals surface area (Å²) in [5.41, 5.74) is 0. The molecule has 0 unspecified atom stereocenters. The Morgan fingerprint density at radius 1 is 1.00 bits per heavy atom. The van der Waals surface area contributed by atoms with Gasteiger partial charge in [0, 0.05) is 0 Å². The second-order valence-electron chi connectivity index (χ2n) is 0.192. The molecule has 0 aromatic rings. The quantitative estimate of drug-likeness (QED) is 0.425. The van der Waals surface area contributed by atoms with Gasteiger partial charge in [-0.2, -0.15) is 0 Å². The molecule has 0 heterocycles. The van der Waals surface area contributed by atoms with Gasteiger partial charge in [0.25, 0.3) is 0 Å². The van der Waals surface area contributed by atoms with Gasteiger partial charge in [0.2, 0.25) is 0 Å². The molecule has 44 valence electrons. The summed E-state index contributed by atoms with van der Waals surface area (Å²) in [4.78, 5) is 0. The maximum Gasteiger partial charge on any atom is 2.00 e. The first-order chi connectivity index (χ1) is 2.83. The van der Waals surface area contributed by atoms with E-state index in [1.807, 2.05) is 0 Å². The average molecular weight is 259 g/mol. The van der Waals surface area contributed by atoms with Crippen molar-refractivity contribution in [1.82, 2.24) is 0 Å². The van der Waals surface area contributed by atoms with Crippen LogP contribution in [0.1, 0.15) is 0 Å². The third-order valence-electron chi connectivity index (χ3n) is 0. The largest absolute Gasteiger partial charge is 2.00 e. The second kappa shape index (κ2) is 28.9. The van der Waals surface area contributed by atoms with Crippen LogP contribution in [0.2, 0.25) is 0 Å². The van der Waals surface area contributed by atoms with Gasteiger partial charge in [-0.25, -0.2) is 0 Å². The predicted octanol–water partition coefficient (Wildman–Crippen LogP) is -3.38. The number of rotatable bonds is 0. The van der Waals surface area contributed by atoms with Gasteiger partial charge >= 0.3 is 81.1 Å². The smallest absolute Gasteiger partial charge is 2.00 e. The molecule has 0 aliphatic rings. The summed E-state index contributed by atoms with van der Waals surface area (Å²) in [6, 6.07) is 0. The Hall–Kier alpha value is 0.849. The summed E-state index contributed by atoms with van der Waals surface area (Å²) in [6.45, 7) is 0. The Bertz CT molecular complexity index is 30.7. The molecule has 4 nitrogen and oxygen atoms in total. The standard InChI is InChI=1S/2BO2.Yb/c2*2-1-3;/q2*-1;+2. The van der Waals surface area contributed by atoms with E-state index in [9.17, 15) is 0 Å². The summed E-state index contributed by atoms with van der Waals surface area (Å²) in [6.07, 6.45) is 0. The molecule has 0 spiro atoms. The van der Waals surface area contributed by atoms with Crippen molar-refractivity contribution in [3.8, 4) is 0 Å². The maximum absolute atomic E-state index is 8.25. The Kier molecular flexibility index (Phi) is 64.6. The summed E-state index contributed by atoms with van der Waals surface area (Å²) < 4.78 is 16.5. The molecular weight excluding hydrogens is 259 g/mol. The Morgan fingerprint density at radius 3 is 1.00 bits per heavy atom. The van der Waals surface area contributed by atoms with Crippen LogP contribution in [0.3, 0.4) is 0 Å². The van der Waals surface area contributed by atoms with E-state index < -0.39 is 14.7 Å². The van der Waals surface area contributed by atoms with Crippen molar-refractivity contribution in [2.45, 2.75) is 0 Å². The van der Waals surface area contributed by atoms with Gasteiger partial charge in [-0.1, -0.05) is 0 Å². The summed E-state index contributed by atoms with van der Waals surface area (Å²) in [5, 5.41) is 16.5. The molecule has 0 aromatic heterocycles. The van der Waals surface area contributed by atoms with E-state index >= 15 is 0 Å². The van der Waals surface area contributed by atoms with Crippen molar-refractivity contribution in [1.29, 1.82) is 0 Å². The molecule has 0 saturated heterocycles. The van der Waals surface area contributed by atoms with E-state index in [2.05, 4.69) is 0 Å². The Balaban J connectivity index is -0.0000000400. The number of hydrogen-bond acceptors (Lipinski definition) is 4. The molecule has 0 aliphatic heterocycles. The zero-order valence-corrected chi connectivity index (χ0v) is 4.77. The fourth-order valence-electron chi connectivity index (χ4n) is 0. The Labute approximate surface area is 80.1 Å². The molecule has 0 aliphatic carbocycles. The van der Waals surface area contributed by atoms with E-state index in [1.54, 1.807) is 0 Å². The van der Waals surface area contributed by atoms with Crippen LogP contribution in [0.5, 0.6) is 0 Å². The van der Waals surface area contributed by atoms with Crippen LogP contribution in [0.4, 0.5) is 0 Å². The third kappa shape index (κ3) is 223. The van der Waals surface area contributed by atoms with Crippen LogP contribution in [0, 0.1) is 46.9 Å². The molecule has 7 heteroatoms. The van der Waals surface area contributed by atoms with Crippen LogP contribution in [-0.2, 0) is 9.41 Å². The van der Waals surface area contributed by atoms with E-state index in [0.717, 1.165) is 0 Å². The van der Waals surface area contributed by atoms with Crippen LogP contribution < -0.4 is 10.0 Å². The van der Waals surface area contributed by atoms with E-state index in [0.29, 0.717) is 0 Å². The van der Waals surface area contributed by atoms with Gasteiger partial charge in [-0.05, 0) is 0 Å². The van der Waals surface area contributed by atoms with Gasteiger partial charge < -0.3 is 0 Å². The maximum atomic E-state index is 8.25. The minimum atomic E-state index is -0.500. The zero-order valence-electron chi connectivity index (χ0n) is 3.05. The molecular formula is B2O4Yb. The molecule has 0 saturated carbocycles. The van der Waals surface area contributed by atoms with Crippen molar-refractivity contribution < 1.29 is 66.4 Å². The fourth-order valence-corrected chi connectivity index (χ4v) is 0. The first kappa shape index (κ1) is 15.7. The van der Waals surface area contributed by atoms with Crippen molar-refractivity contribution in [2.75, 3.05) is 0 Å². The molecule has 0 rings (SSSR count). The average Bonchev–Trinajstić information content (AvgIpc) is 1.39. The molecule has 0 amide bonds. The minimum absolute atomic E-state index is 0. The van der Waals surface area contributed by atoms with E-state index in [4.69, 9.17) is 19.5 Å². The van der Waals surface area contributed by atoms with Gasteiger partial charge in [0.1, 0.15) is 0 Å². The van der Waals surface area contributed by atoms with Gasteiger partial charge in [0.15, 0.2) is 0 Å². The van der Waals surface area contributed by atoms with Gasteiger partial charge in [-0.15, -0.1) is 0 Å². The van der Waals surface area contributed by atoms with Gasteiger partial charge in [0.05, 0.1) is 0 Å². The third-order valence-corrected chi connectivity index (χ3v) is 0. The molecule has 7 heavy (non-hydrogen) atoms. The van der Waals surface area contributed by atoms with Crippen LogP contribution in [0.25, 0.3) is 0 Å². The second-order valence-corrected chi connectivity index (χ2v) is 0.192. The molecule has 0 aromatic carbocycles. The molecule has 0 N–H and O–H groups in total.